The molecule has 1 rings (SSSR count). The second-order valence-corrected chi connectivity index (χ2v) is 5.17. The van der Waals surface area contributed by atoms with E-state index in [1.54, 1.807) is 17.4 Å². The molecule has 6 nitrogen and oxygen atoms in total. The zero-order valence-electron chi connectivity index (χ0n) is 10.9. The summed E-state index contributed by atoms with van der Waals surface area (Å²) in [6.45, 7) is -2.36. The number of hydrogen-bond donors (Lipinski definition) is 2. The van der Waals surface area contributed by atoms with Crippen molar-refractivity contribution in [3.63, 3.8) is 0 Å². The standard InChI is InChI=1S/C12H10F3IN2O4/c13-12(14,15)6-17-11(21)18-9(19)5-22-10(20)7-1-3-8(16)4-2-7/h1-4H,5-6H2,(H2,17,18,19,21). The van der Waals surface area contributed by atoms with Crippen molar-refractivity contribution in [2.45, 2.75) is 6.18 Å². The van der Waals surface area contributed by atoms with Crippen LogP contribution in [0.3, 0.4) is 0 Å². The van der Waals surface area contributed by atoms with Gasteiger partial charge in [-0.15, -0.1) is 0 Å². The lowest BCUT2D eigenvalue weighted by Gasteiger charge is -2.09. The Kier molecular flexibility index (Phi) is 6.59. The Hall–Kier alpha value is -1.85. The molecule has 0 atom stereocenters. The summed E-state index contributed by atoms with van der Waals surface area (Å²) in [6, 6.07) is 4.95. The number of alkyl halides is 3. The number of nitrogens with one attached hydrogen (secondary N) is 2. The van der Waals surface area contributed by atoms with Crippen LogP contribution in [0.4, 0.5) is 18.0 Å². The number of benzene rings is 1. The van der Waals surface area contributed by atoms with Gasteiger partial charge in [-0.2, -0.15) is 13.2 Å². The highest BCUT2D eigenvalue weighted by molar-refractivity contribution is 14.1. The first-order valence-corrected chi connectivity index (χ1v) is 6.82. The number of rotatable bonds is 4. The zero-order chi connectivity index (χ0) is 16.8. The van der Waals surface area contributed by atoms with Gasteiger partial charge in [-0.1, -0.05) is 0 Å². The van der Waals surface area contributed by atoms with Crippen LogP contribution in [0.15, 0.2) is 24.3 Å². The molecule has 0 fully saturated rings. The van der Waals surface area contributed by atoms with E-state index in [-0.39, 0.29) is 5.56 Å². The van der Waals surface area contributed by atoms with E-state index in [9.17, 15) is 27.6 Å². The SMILES string of the molecule is O=C(COC(=O)c1ccc(I)cc1)NC(=O)NCC(F)(F)F. The molecule has 0 saturated heterocycles. The van der Waals surface area contributed by atoms with Crippen LogP contribution in [-0.4, -0.2) is 37.2 Å². The maximum absolute atomic E-state index is 11.8. The molecule has 0 saturated carbocycles. The van der Waals surface area contributed by atoms with E-state index in [1.807, 2.05) is 22.6 Å². The van der Waals surface area contributed by atoms with Gasteiger partial charge in [0, 0.05) is 3.57 Å². The van der Waals surface area contributed by atoms with E-state index in [0.29, 0.717) is 0 Å². The van der Waals surface area contributed by atoms with Gasteiger partial charge in [0.2, 0.25) is 0 Å². The fraction of sp³-hybridized carbons (Fsp3) is 0.250. The molecule has 0 aromatic heterocycles. The predicted molar refractivity (Wildman–Crippen MR) is 77.0 cm³/mol. The van der Waals surface area contributed by atoms with E-state index in [2.05, 4.69) is 4.74 Å². The molecule has 0 aliphatic rings. The average molecular weight is 430 g/mol. The molecule has 2 N–H and O–H groups in total. The summed E-state index contributed by atoms with van der Waals surface area (Å²) in [5.74, 6) is -1.83. The fourth-order valence-electron chi connectivity index (χ4n) is 1.19. The molecule has 0 bridgehead atoms. The Morgan fingerprint density at radius 3 is 2.27 bits per heavy atom. The van der Waals surface area contributed by atoms with E-state index >= 15 is 0 Å². The lowest BCUT2D eigenvalue weighted by molar-refractivity contribution is -0.125. The van der Waals surface area contributed by atoms with Crippen molar-refractivity contribution in [1.29, 1.82) is 0 Å². The second kappa shape index (κ2) is 7.96. The molecule has 1 aromatic carbocycles. The van der Waals surface area contributed by atoms with Gasteiger partial charge in [-0.05, 0) is 46.9 Å². The lowest BCUT2D eigenvalue weighted by Crippen LogP contribution is -2.44. The molecule has 120 valence electrons. The van der Waals surface area contributed by atoms with Crippen molar-refractivity contribution in [3.05, 3.63) is 33.4 Å². The molecule has 0 aliphatic heterocycles. The summed E-state index contributed by atoms with van der Waals surface area (Å²) in [7, 11) is 0. The van der Waals surface area contributed by atoms with Crippen molar-refractivity contribution < 1.29 is 32.3 Å². The van der Waals surface area contributed by atoms with Crippen LogP contribution >= 0.6 is 22.6 Å². The number of urea groups is 1. The maximum Gasteiger partial charge on any atom is 0.405 e. The van der Waals surface area contributed by atoms with Crippen LogP contribution in [0, 0.1) is 3.57 Å². The quantitative estimate of drug-likeness (QED) is 0.564. The van der Waals surface area contributed by atoms with Crippen LogP contribution in [0.25, 0.3) is 0 Å². The Balaban J connectivity index is 2.35. The number of amides is 3. The Morgan fingerprint density at radius 2 is 1.73 bits per heavy atom. The van der Waals surface area contributed by atoms with Crippen molar-refractivity contribution in [3.8, 4) is 0 Å². The molecule has 10 heteroatoms. The molecule has 0 radical (unpaired) electrons. The number of imide groups is 1. The largest absolute Gasteiger partial charge is 0.452 e. The first-order chi connectivity index (χ1) is 10.2. The first-order valence-electron chi connectivity index (χ1n) is 5.74. The summed E-state index contributed by atoms with van der Waals surface area (Å²) in [4.78, 5) is 33.8. The minimum absolute atomic E-state index is 0.203. The maximum atomic E-state index is 11.8. The average Bonchev–Trinajstić information content (AvgIpc) is 2.42. The van der Waals surface area contributed by atoms with Gasteiger partial charge in [0.05, 0.1) is 5.56 Å². The number of esters is 1. The lowest BCUT2D eigenvalue weighted by atomic mass is 10.2. The van der Waals surface area contributed by atoms with Gasteiger partial charge in [0.1, 0.15) is 6.54 Å². The fourth-order valence-corrected chi connectivity index (χ4v) is 1.55. The molecule has 22 heavy (non-hydrogen) atoms. The third-order valence-electron chi connectivity index (χ3n) is 2.12. The second-order valence-electron chi connectivity index (χ2n) is 3.93. The molecular weight excluding hydrogens is 420 g/mol. The van der Waals surface area contributed by atoms with Gasteiger partial charge in [-0.25, -0.2) is 9.59 Å². The molecule has 1 aromatic rings. The normalized spacial score (nSPS) is 10.7. The van der Waals surface area contributed by atoms with Crippen molar-refractivity contribution in [2.24, 2.45) is 0 Å². The van der Waals surface area contributed by atoms with Crippen LogP contribution in [-0.2, 0) is 9.53 Å². The van der Waals surface area contributed by atoms with Crippen LogP contribution in [0.5, 0.6) is 0 Å². The molecule has 0 heterocycles. The number of hydrogen-bond acceptors (Lipinski definition) is 4. The van der Waals surface area contributed by atoms with Crippen LogP contribution in [0.1, 0.15) is 10.4 Å². The number of halogens is 4. The van der Waals surface area contributed by atoms with Crippen molar-refractivity contribution in [2.75, 3.05) is 13.2 Å². The predicted octanol–water partition coefficient (Wildman–Crippen LogP) is 1.84. The summed E-state index contributed by atoms with van der Waals surface area (Å²) in [5, 5.41) is 3.04. The first kappa shape index (κ1) is 18.2. The Morgan fingerprint density at radius 1 is 1.14 bits per heavy atom. The molecule has 0 unspecified atom stereocenters. The van der Waals surface area contributed by atoms with E-state index in [1.165, 1.54) is 17.4 Å². The van der Waals surface area contributed by atoms with Crippen molar-refractivity contribution in [1.82, 2.24) is 10.6 Å². The van der Waals surface area contributed by atoms with Gasteiger partial charge < -0.3 is 10.1 Å². The van der Waals surface area contributed by atoms with Crippen LogP contribution < -0.4 is 10.6 Å². The van der Waals surface area contributed by atoms with Crippen molar-refractivity contribution >= 4 is 40.5 Å². The summed E-state index contributed by atoms with van der Waals surface area (Å²) in [5.41, 5.74) is 0.203. The zero-order valence-corrected chi connectivity index (χ0v) is 13.0. The molecule has 3 amide bonds. The highest BCUT2D eigenvalue weighted by atomic mass is 127. The van der Waals surface area contributed by atoms with E-state index in [4.69, 9.17) is 0 Å². The highest BCUT2D eigenvalue weighted by Gasteiger charge is 2.28. The molecule has 0 aliphatic carbocycles. The number of ether oxygens (including phenoxy) is 1. The minimum atomic E-state index is -4.59. The smallest absolute Gasteiger partial charge is 0.405 e. The topological polar surface area (TPSA) is 84.5 Å². The summed E-state index contributed by atoms with van der Waals surface area (Å²) in [6.07, 6.45) is -4.59. The summed E-state index contributed by atoms with van der Waals surface area (Å²) < 4.78 is 41.0. The van der Waals surface area contributed by atoms with Gasteiger partial charge in [0.15, 0.2) is 6.61 Å². The minimum Gasteiger partial charge on any atom is -0.452 e. The van der Waals surface area contributed by atoms with Gasteiger partial charge in [-0.3, -0.25) is 10.1 Å². The Bertz CT molecular complexity index is 560. The van der Waals surface area contributed by atoms with Crippen LogP contribution in [0.2, 0.25) is 0 Å². The van der Waals surface area contributed by atoms with Gasteiger partial charge >= 0.3 is 18.2 Å². The van der Waals surface area contributed by atoms with Gasteiger partial charge in [0.25, 0.3) is 5.91 Å². The van der Waals surface area contributed by atoms with E-state index < -0.39 is 37.2 Å². The van der Waals surface area contributed by atoms with E-state index in [0.717, 1.165) is 3.57 Å². The third kappa shape index (κ3) is 7.24. The third-order valence-corrected chi connectivity index (χ3v) is 2.84. The summed E-state index contributed by atoms with van der Waals surface area (Å²) >= 11 is 2.04. The molecule has 0 spiro atoms. The number of carbonyl (C=O) groups excluding carboxylic acids is 3. The monoisotopic (exact) mass is 430 g/mol. The molecular formula is C12H10F3IN2O4. The highest BCUT2D eigenvalue weighted by Crippen LogP contribution is 2.11. The number of carbonyl (C=O) groups is 3. The Labute approximate surface area is 136 Å².